The summed E-state index contributed by atoms with van der Waals surface area (Å²) in [6, 6.07) is 0. The molecule has 1 amide bonds. The molecule has 0 spiro atoms. The zero-order valence-electron chi connectivity index (χ0n) is 2.57. The molecule has 0 atom stereocenters. The van der Waals surface area contributed by atoms with Crippen molar-refractivity contribution in [3.05, 3.63) is 0 Å². The highest BCUT2D eigenvalue weighted by Gasteiger charge is 1.80. The number of nitrogens with one attached hydrogen (secondary N) is 1. The first kappa shape index (κ1) is 9.60. The molecule has 0 aliphatic rings. The van der Waals surface area contributed by atoms with Gasteiger partial charge in [0.05, 0.1) is 0 Å². The van der Waals surface area contributed by atoms with Crippen molar-refractivity contribution in [1.29, 1.82) is 0 Å². The molecular weight excluding hydrogens is 148 g/mol. The summed E-state index contributed by atoms with van der Waals surface area (Å²) in [4.78, 5) is 11.0. The van der Waals surface area contributed by atoms with E-state index in [1.165, 1.54) is 0 Å². The Labute approximate surface area is 51.3 Å². The SMILES string of the molecule is Cl.O=C(Cl)NCl. The van der Waals surface area contributed by atoms with E-state index in [4.69, 9.17) is 0 Å². The zero-order chi connectivity index (χ0) is 4.28. The number of amides is 1. The maximum Gasteiger partial charge on any atom is 0.328 e. The van der Waals surface area contributed by atoms with Gasteiger partial charge in [-0.05, 0) is 11.6 Å². The summed E-state index contributed by atoms with van der Waals surface area (Å²) in [7, 11) is 0. The Balaban J connectivity index is 0. The van der Waals surface area contributed by atoms with Gasteiger partial charge in [-0.1, -0.05) is 0 Å². The van der Waals surface area contributed by atoms with E-state index in [2.05, 4.69) is 23.4 Å². The fraction of sp³-hybridized carbons (Fsp3) is 0. The van der Waals surface area contributed by atoms with Gasteiger partial charge in [-0.2, -0.15) is 0 Å². The normalized spacial score (nSPS) is 5.67. The molecule has 0 bridgehead atoms. The summed E-state index contributed by atoms with van der Waals surface area (Å²) < 4.78 is 0. The van der Waals surface area contributed by atoms with Gasteiger partial charge in [0.1, 0.15) is 0 Å². The average Bonchev–Trinajstić information content (AvgIpc) is 1.38. The lowest BCUT2D eigenvalue weighted by Crippen LogP contribution is -1.98. The van der Waals surface area contributed by atoms with Crippen molar-refractivity contribution in [2.75, 3.05) is 0 Å². The van der Waals surface area contributed by atoms with E-state index < -0.39 is 5.37 Å². The lowest BCUT2D eigenvalue weighted by atomic mass is 11.5. The van der Waals surface area contributed by atoms with E-state index in [9.17, 15) is 4.79 Å². The molecule has 0 saturated heterocycles. The summed E-state index contributed by atoms with van der Waals surface area (Å²) in [5.41, 5.74) is 0. The van der Waals surface area contributed by atoms with Crippen molar-refractivity contribution < 1.29 is 4.79 Å². The third-order valence-corrected chi connectivity index (χ3v) is 0.437. The third-order valence-electron chi connectivity index (χ3n) is 0.0743. The first-order valence-corrected chi connectivity index (χ1v) is 1.59. The van der Waals surface area contributed by atoms with Crippen LogP contribution in [0.1, 0.15) is 0 Å². The van der Waals surface area contributed by atoms with Crippen LogP contribution in [0, 0.1) is 0 Å². The van der Waals surface area contributed by atoms with E-state index in [0.29, 0.717) is 0 Å². The van der Waals surface area contributed by atoms with Crippen LogP contribution < -0.4 is 4.84 Å². The van der Waals surface area contributed by atoms with Gasteiger partial charge >= 0.3 is 5.37 Å². The fourth-order valence-electron chi connectivity index (χ4n) is 0. The van der Waals surface area contributed by atoms with Gasteiger partial charge in [0.2, 0.25) is 0 Å². The molecule has 0 fully saturated rings. The number of hydrogen-bond acceptors (Lipinski definition) is 1. The topological polar surface area (TPSA) is 29.1 Å². The molecule has 0 aromatic rings. The molecule has 0 unspecified atom stereocenters. The molecular formula is CH2Cl3NO. The standard InChI is InChI=1S/CHCl2NO.ClH/c2-1(5)4-3;/h(H,4,5);1H. The van der Waals surface area contributed by atoms with Crippen LogP contribution in [-0.2, 0) is 0 Å². The Morgan fingerprint density at radius 3 is 1.83 bits per heavy atom. The predicted octanol–water partition coefficient (Wildman–Crippen LogP) is 1.51. The van der Waals surface area contributed by atoms with Crippen LogP contribution in [0.3, 0.4) is 0 Å². The van der Waals surface area contributed by atoms with Gasteiger partial charge < -0.3 is 0 Å². The van der Waals surface area contributed by atoms with Gasteiger partial charge in [0, 0.05) is 11.8 Å². The van der Waals surface area contributed by atoms with Gasteiger partial charge in [0.25, 0.3) is 0 Å². The van der Waals surface area contributed by atoms with Crippen molar-refractivity contribution in [2.24, 2.45) is 0 Å². The van der Waals surface area contributed by atoms with Crippen LogP contribution in [0.15, 0.2) is 0 Å². The molecule has 0 aliphatic carbocycles. The van der Waals surface area contributed by atoms with Crippen LogP contribution in [-0.4, -0.2) is 5.37 Å². The first-order valence-electron chi connectivity index (χ1n) is 0.832. The maximum absolute atomic E-state index is 9.33. The molecule has 0 aromatic heterocycles. The van der Waals surface area contributed by atoms with Gasteiger partial charge in [-0.25, -0.2) is 0 Å². The molecule has 0 aliphatic heterocycles. The molecule has 38 valence electrons. The number of hydrogen-bond donors (Lipinski definition) is 1. The van der Waals surface area contributed by atoms with Gasteiger partial charge in [-0.3, -0.25) is 9.63 Å². The van der Waals surface area contributed by atoms with Crippen LogP contribution in [0.4, 0.5) is 4.79 Å². The molecule has 0 radical (unpaired) electrons. The minimum Gasteiger partial charge on any atom is -0.255 e. The molecule has 0 heterocycles. The van der Waals surface area contributed by atoms with Crippen LogP contribution in [0.5, 0.6) is 0 Å². The fourth-order valence-corrected chi connectivity index (χ4v) is 0. The average molecular weight is 150 g/mol. The third kappa shape index (κ3) is 8.84. The van der Waals surface area contributed by atoms with Gasteiger partial charge in [-0.15, -0.1) is 12.4 Å². The first-order chi connectivity index (χ1) is 2.27. The molecule has 6 heavy (non-hydrogen) atoms. The maximum atomic E-state index is 9.33. The highest BCUT2D eigenvalue weighted by Crippen LogP contribution is 1.74. The molecule has 0 saturated carbocycles. The van der Waals surface area contributed by atoms with E-state index in [1.54, 1.807) is 4.84 Å². The summed E-state index contributed by atoms with van der Waals surface area (Å²) in [6.07, 6.45) is 0. The minimum atomic E-state index is -0.758. The second-order valence-corrected chi connectivity index (χ2v) is 0.900. The van der Waals surface area contributed by atoms with Gasteiger partial charge in [0.15, 0.2) is 0 Å². The predicted molar refractivity (Wildman–Crippen MR) is 27.5 cm³/mol. The summed E-state index contributed by atoms with van der Waals surface area (Å²) in [5.74, 6) is 0. The smallest absolute Gasteiger partial charge is 0.255 e. The quantitative estimate of drug-likeness (QED) is 0.317. The van der Waals surface area contributed by atoms with E-state index in [0.717, 1.165) is 0 Å². The molecule has 0 aromatic carbocycles. The molecule has 1 N–H and O–H groups in total. The molecule has 0 rings (SSSR count). The second-order valence-electron chi connectivity index (χ2n) is 0.368. The monoisotopic (exact) mass is 149 g/mol. The summed E-state index contributed by atoms with van der Waals surface area (Å²) in [6.45, 7) is 0. The van der Waals surface area contributed by atoms with E-state index in [-0.39, 0.29) is 12.4 Å². The van der Waals surface area contributed by atoms with Crippen molar-refractivity contribution in [3.8, 4) is 0 Å². The van der Waals surface area contributed by atoms with Crippen LogP contribution in [0.25, 0.3) is 0 Å². The Morgan fingerprint density at radius 1 is 1.67 bits per heavy atom. The largest absolute Gasteiger partial charge is 0.328 e. The highest BCUT2D eigenvalue weighted by molar-refractivity contribution is 6.65. The van der Waals surface area contributed by atoms with E-state index >= 15 is 0 Å². The Hall–Kier alpha value is 0.340. The van der Waals surface area contributed by atoms with Crippen molar-refractivity contribution in [1.82, 2.24) is 4.84 Å². The van der Waals surface area contributed by atoms with Crippen molar-refractivity contribution >= 4 is 41.2 Å². The van der Waals surface area contributed by atoms with Crippen LogP contribution in [0.2, 0.25) is 0 Å². The molecule has 5 heteroatoms. The summed E-state index contributed by atoms with van der Waals surface area (Å²) in [5, 5.41) is -0.758. The highest BCUT2D eigenvalue weighted by atomic mass is 35.5. The minimum absolute atomic E-state index is 0. The number of rotatable bonds is 0. The number of halogens is 3. The van der Waals surface area contributed by atoms with Crippen LogP contribution >= 0.6 is 35.8 Å². The number of carbonyl (C=O) groups excluding carboxylic acids is 1. The zero-order valence-corrected chi connectivity index (χ0v) is 4.90. The van der Waals surface area contributed by atoms with Crippen molar-refractivity contribution in [2.45, 2.75) is 0 Å². The molecule has 2 nitrogen and oxygen atoms in total. The summed E-state index contributed by atoms with van der Waals surface area (Å²) >= 11 is 9.19. The second kappa shape index (κ2) is 5.34. The number of carbonyl (C=O) groups is 1. The Morgan fingerprint density at radius 2 is 1.83 bits per heavy atom. The Kier molecular flexibility index (Phi) is 8.54. The Bertz CT molecular complexity index is 46.1. The lowest BCUT2D eigenvalue weighted by molar-refractivity contribution is 0.264. The van der Waals surface area contributed by atoms with E-state index in [1.807, 2.05) is 0 Å². The lowest BCUT2D eigenvalue weighted by Gasteiger charge is -1.72. The van der Waals surface area contributed by atoms with Crippen molar-refractivity contribution in [3.63, 3.8) is 0 Å².